The molecule has 2 aromatic rings. The zero-order valence-electron chi connectivity index (χ0n) is 8.39. The number of hydrogen-bond acceptors (Lipinski definition) is 2. The predicted octanol–water partition coefficient (Wildman–Crippen LogP) is 1.61. The smallest absolute Gasteiger partial charge is 0.128 e. The quantitative estimate of drug-likeness (QED) is 0.809. The van der Waals surface area contributed by atoms with Crippen LogP contribution in [0.3, 0.4) is 0 Å². The van der Waals surface area contributed by atoms with Gasteiger partial charge in [0.15, 0.2) is 0 Å². The van der Waals surface area contributed by atoms with Crippen LogP contribution in [0.15, 0.2) is 36.5 Å². The molecular weight excluding hydrogens is 193 g/mol. The molecule has 0 fully saturated rings. The monoisotopic (exact) mass is 205 g/mol. The molecule has 1 aromatic carbocycles. The lowest BCUT2D eigenvalue weighted by atomic mass is 10.0. The number of aryl methyl sites for hydroxylation is 1. The van der Waals surface area contributed by atoms with Crippen LogP contribution in [0.2, 0.25) is 0 Å². The molecule has 1 aromatic heterocycles. The van der Waals surface area contributed by atoms with Gasteiger partial charge in [0.1, 0.15) is 5.82 Å². The number of benzene rings is 1. The lowest BCUT2D eigenvalue weighted by Gasteiger charge is -2.12. The maximum absolute atomic E-state index is 13.5. The first kappa shape index (κ1) is 9.86. The van der Waals surface area contributed by atoms with Gasteiger partial charge < -0.3 is 5.73 Å². The van der Waals surface area contributed by atoms with Crippen LogP contribution in [0.5, 0.6) is 0 Å². The Bertz CT molecular complexity index is 464. The Kier molecular flexibility index (Phi) is 2.51. The minimum atomic E-state index is -0.473. The summed E-state index contributed by atoms with van der Waals surface area (Å²) >= 11 is 0. The van der Waals surface area contributed by atoms with Gasteiger partial charge in [-0.25, -0.2) is 4.39 Å². The van der Waals surface area contributed by atoms with Crippen LogP contribution in [-0.2, 0) is 7.05 Å². The second-order valence-corrected chi connectivity index (χ2v) is 3.38. The fraction of sp³-hybridized carbons (Fsp3) is 0.182. The fourth-order valence-corrected chi connectivity index (χ4v) is 1.58. The topological polar surface area (TPSA) is 43.8 Å². The summed E-state index contributed by atoms with van der Waals surface area (Å²) < 4.78 is 15.1. The Hall–Kier alpha value is -1.68. The SMILES string of the molecule is Cn1nccc1C(N)c1ccccc1F. The van der Waals surface area contributed by atoms with E-state index in [1.165, 1.54) is 6.07 Å². The first-order valence-corrected chi connectivity index (χ1v) is 4.68. The largest absolute Gasteiger partial charge is 0.319 e. The zero-order valence-corrected chi connectivity index (χ0v) is 8.39. The lowest BCUT2D eigenvalue weighted by Crippen LogP contribution is -2.17. The Labute approximate surface area is 87.3 Å². The summed E-state index contributed by atoms with van der Waals surface area (Å²) in [6, 6.07) is 7.83. The lowest BCUT2D eigenvalue weighted by molar-refractivity contribution is 0.586. The van der Waals surface area contributed by atoms with Gasteiger partial charge in [-0.3, -0.25) is 4.68 Å². The van der Waals surface area contributed by atoms with Crippen LogP contribution in [0.4, 0.5) is 4.39 Å². The molecule has 0 bridgehead atoms. The van der Waals surface area contributed by atoms with Crippen molar-refractivity contribution in [2.45, 2.75) is 6.04 Å². The Morgan fingerprint density at radius 1 is 1.33 bits per heavy atom. The molecule has 0 radical (unpaired) electrons. The second kappa shape index (κ2) is 3.82. The molecular formula is C11H12FN3. The number of nitrogens with two attached hydrogens (primary N) is 1. The molecule has 4 heteroatoms. The van der Waals surface area contributed by atoms with Crippen molar-refractivity contribution >= 4 is 0 Å². The predicted molar refractivity (Wildman–Crippen MR) is 55.6 cm³/mol. The molecule has 78 valence electrons. The van der Waals surface area contributed by atoms with Crippen molar-refractivity contribution in [2.24, 2.45) is 12.8 Å². The highest BCUT2D eigenvalue weighted by atomic mass is 19.1. The first-order chi connectivity index (χ1) is 7.20. The number of hydrogen-bond donors (Lipinski definition) is 1. The van der Waals surface area contributed by atoms with E-state index < -0.39 is 6.04 Å². The zero-order chi connectivity index (χ0) is 10.8. The molecule has 15 heavy (non-hydrogen) atoms. The third kappa shape index (κ3) is 1.76. The highest BCUT2D eigenvalue weighted by Crippen LogP contribution is 2.20. The van der Waals surface area contributed by atoms with Crippen molar-refractivity contribution in [1.29, 1.82) is 0 Å². The van der Waals surface area contributed by atoms with Crippen molar-refractivity contribution in [3.8, 4) is 0 Å². The van der Waals surface area contributed by atoms with Crippen molar-refractivity contribution < 1.29 is 4.39 Å². The van der Waals surface area contributed by atoms with E-state index in [4.69, 9.17) is 5.73 Å². The van der Waals surface area contributed by atoms with Gasteiger partial charge in [-0.2, -0.15) is 5.10 Å². The highest BCUT2D eigenvalue weighted by molar-refractivity contribution is 5.28. The van der Waals surface area contributed by atoms with Gasteiger partial charge in [0.25, 0.3) is 0 Å². The Morgan fingerprint density at radius 3 is 2.67 bits per heavy atom. The van der Waals surface area contributed by atoms with Gasteiger partial charge in [-0.15, -0.1) is 0 Å². The molecule has 0 saturated heterocycles. The third-order valence-corrected chi connectivity index (χ3v) is 2.42. The minimum absolute atomic E-state index is 0.286. The van der Waals surface area contributed by atoms with Crippen molar-refractivity contribution in [3.63, 3.8) is 0 Å². The summed E-state index contributed by atoms with van der Waals surface area (Å²) in [6.45, 7) is 0. The normalized spacial score (nSPS) is 12.7. The van der Waals surface area contributed by atoms with Crippen LogP contribution in [0.25, 0.3) is 0 Å². The summed E-state index contributed by atoms with van der Waals surface area (Å²) in [6.07, 6.45) is 1.65. The minimum Gasteiger partial charge on any atom is -0.319 e. The molecule has 0 saturated carbocycles. The van der Waals surface area contributed by atoms with Crippen molar-refractivity contribution in [3.05, 3.63) is 53.6 Å². The molecule has 1 atom stereocenters. The Morgan fingerprint density at radius 2 is 2.07 bits per heavy atom. The molecule has 0 aliphatic heterocycles. The molecule has 1 heterocycles. The molecule has 0 amide bonds. The molecule has 1 unspecified atom stereocenters. The summed E-state index contributed by atoms with van der Waals surface area (Å²) in [5.74, 6) is -0.286. The van der Waals surface area contributed by atoms with Crippen LogP contribution in [0, 0.1) is 5.82 Å². The first-order valence-electron chi connectivity index (χ1n) is 4.68. The van der Waals surface area contributed by atoms with E-state index in [0.29, 0.717) is 5.56 Å². The fourth-order valence-electron chi connectivity index (χ4n) is 1.58. The molecule has 0 aliphatic carbocycles. The van der Waals surface area contributed by atoms with Gasteiger partial charge >= 0.3 is 0 Å². The van der Waals surface area contributed by atoms with Gasteiger partial charge in [0.2, 0.25) is 0 Å². The average molecular weight is 205 g/mol. The van der Waals surface area contributed by atoms with Crippen LogP contribution < -0.4 is 5.73 Å². The van der Waals surface area contributed by atoms with E-state index in [9.17, 15) is 4.39 Å². The van der Waals surface area contributed by atoms with E-state index in [-0.39, 0.29) is 5.82 Å². The number of halogens is 1. The van der Waals surface area contributed by atoms with E-state index in [0.717, 1.165) is 5.69 Å². The highest BCUT2D eigenvalue weighted by Gasteiger charge is 2.15. The van der Waals surface area contributed by atoms with Gasteiger partial charge in [0.05, 0.1) is 11.7 Å². The van der Waals surface area contributed by atoms with E-state index in [1.54, 1.807) is 42.2 Å². The maximum atomic E-state index is 13.5. The number of aromatic nitrogens is 2. The van der Waals surface area contributed by atoms with Gasteiger partial charge in [-0.1, -0.05) is 18.2 Å². The van der Waals surface area contributed by atoms with Gasteiger partial charge in [0, 0.05) is 18.8 Å². The molecule has 3 nitrogen and oxygen atoms in total. The Balaban J connectivity index is 2.41. The maximum Gasteiger partial charge on any atom is 0.128 e. The summed E-state index contributed by atoms with van der Waals surface area (Å²) in [7, 11) is 1.79. The van der Waals surface area contributed by atoms with E-state index in [2.05, 4.69) is 5.10 Å². The van der Waals surface area contributed by atoms with E-state index >= 15 is 0 Å². The third-order valence-electron chi connectivity index (χ3n) is 2.42. The van der Waals surface area contributed by atoms with Crippen LogP contribution in [0.1, 0.15) is 17.3 Å². The average Bonchev–Trinajstić information content (AvgIpc) is 2.64. The number of rotatable bonds is 2. The van der Waals surface area contributed by atoms with E-state index in [1.807, 2.05) is 0 Å². The molecule has 0 aliphatic rings. The van der Waals surface area contributed by atoms with Crippen molar-refractivity contribution in [2.75, 3.05) is 0 Å². The van der Waals surface area contributed by atoms with Crippen LogP contribution in [-0.4, -0.2) is 9.78 Å². The standard InChI is InChI=1S/C11H12FN3/c1-15-10(6-7-14-15)11(13)8-4-2-3-5-9(8)12/h2-7,11H,13H2,1H3. The second-order valence-electron chi connectivity index (χ2n) is 3.38. The summed E-state index contributed by atoms with van der Waals surface area (Å²) in [5, 5.41) is 4.01. The van der Waals surface area contributed by atoms with Crippen molar-refractivity contribution in [1.82, 2.24) is 9.78 Å². The van der Waals surface area contributed by atoms with Crippen LogP contribution >= 0.6 is 0 Å². The molecule has 2 N–H and O–H groups in total. The summed E-state index contributed by atoms with van der Waals surface area (Å²) in [4.78, 5) is 0. The van der Waals surface area contributed by atoms with Gasteiger partial charge in [-0.05, 0) is 12.1 Å². The summed E-state index contributed by atoms with van der Waals surface area (Å²) in [5.41, 5.74) is 7.24. The number of nitrogens with zero attached hydrogens (tertiary/aromatic N) is 2. The molecule has 0 spiro atoms. The molecule has 2 rings (SSSR count).